The van der Waals surface area contributed by atoms with Gasteiger partial charge in [-0.15, -0.1) is 0 Å². The molecule has 0 saturated carbocycles. The molecule has 0 atom stereocenters. The van der Waals surface area contributed by atoms with Gasteiger partial charge in [-0.1, -0.05) is 0 Å². The van der Waals surface area contributed by atoms with E-state index in [0.29, 0.717) is 5.69 Å². The molecular weight excluding hydrogens is 236 g/mol. The molecule has 2 aromatic rings. The molecule has 0 N–H and O–H groups in total. The smallest absolute Gasteiger partial charge is 0.362 e. The molecule has 0 spiro atoms. The Kier molecular flexibility index (Phi) is 3.42. The van der Waals surface area contributed by atoms with E-state index in [9.17, 15) is 9.59 Å². The van der Waals surface area contributed by atoms with Crippen molar-refractivity contribution < 1.29 is 9.53 Å². The molecule has 2 aromatic heterocycles. The molecule has 0 aliphatic heterocycles. The van der Waals surface area contributed by atoms with E-state index in [4.69, 9.17) is 4.74 Å². The van der Waals surface area contributed by atoms with Crippen molar-refractivity contribution in [1.82, 2.24) is 19.7 Å². The zero-order valence-electron chi connectivity index (χ0n) is 9.61. The number of carbonyl (C=O) groups excluding carboxylic acids is 1. The van der Waals surface area contributed by atoms with Gasteiger partial charge in [-0.2, -0.15) is 5.10 Å². The molecule has 7 heteroatoms. The summed E-state index contributed by atoms with van der Waals surface area (Å²) in [4.78, 5) is 30.7. The topological polar surface area (TPSA) is 87.0 Å². The van der Waals surface area contributed by atoms with Crippen molar-refractivity contribution in [1.29, 1.82) is 0 Å². The van der Waals surface area contributed by atoms with Crippen LogP contribution in [0, 0.1) is 0 Å². The highest BCUT2D eigenvalue weighted by molar-refractivity contribution is 5.86. The molecule has 2 heterocycles. The highest BCUT2D eigenvalue weighted by Crippen LogP contribution is 2.00. The van der Waals surface area contributed by atoms with E-state index in [1.165, 1.54) is 35.7 Å². The molecule has 0 aliphatic carbocycles. The summed E-state index contributed by atoms with van der Waals surface area (Å²) in [5.74, 6) is -0.742. The molecule has 0 aromatic carbocycles. The van der Waals surface area contributed by atoms with Gasteiger partial charge in [0.2, 0.25) is 11.1 Å². The van der Waals surface area contributed by atoms with E-state index in [0.717, 1.165) is 0 Å². The number of ether oxygens (including phenoxy) is 1. The van der Waals surface area contributed by atoms with Gasteiger partial charge < -0.3 is 4.74 Å². The molecule has 0 amide bonds. The Morgan fingerprint density at radius 1 is 1.39 bits per heavy atom. The van der Waals surface area contributed by atoms with Crippen LogP contribution in [0.25, 0.3) is 5.69 Å². The van der Waals surface area contributed by atoms with Crippen molar-refractivity contribution in [3.8, 4) is 5.69 Å². The third kappa shape index (κ3) is 2.40. The molecule has 0 saturated heterocycles. The number of hydrogen-bond acceptors (Lipinski definition) is 6. The van der Waals surface area contributed by atoms with Gasteiger partial charge >= 0.3 is 5.97 Å². The largest absolute Gasteiger partial charge is 0.461 e. The number of esters is 1. The maximum absolute atomic E-state index is 11.5. The second-order valence-electron chi connectivity index (χ2n) is 3.29. The summed E-state index contributed by atoms with van der Waals surface area (Å²) in [7, 11) is 0. The number of carbonyl (C=O) groups is 1. The number of aromatic nitrogens is 4. The number of rotatable bonds is 3. The average Bonchev–Trinajstić information content (AvgIpc) is 2.40. The Morgan fingerprint density at radius 3 is 2.78 bits per heavy atom. The number of nitrogens with zero attached hydrogens (tertiary/aromatic N) is 4. The minimum atomic E-state index is -0.742. The lowest BCUT2D eigenvalue weighted by atomic mass is 10.4. The van der Waals surface area contributed by atoms with Gasteiger partial charge in [0.15, 0.2) is 0 Å². The predicted molar refractivity (Wildman–Crippen MR) is 61.4 cm³/mol. The normalized spacial score (nSPS) is 10.1. The molecule has 0 unspecified atom stereocenters. The van der Waals surface area contributed by atoms with Crippen LogP contribution in [0.5, 0.6) is 0 Å². The lowest BCUT2D eigenvalue weighted by Gasteiger charge is -2.05. The molecule has 2 rings (SSSR count). The molecule has 0 fully saturated rings. The van der Waals surface area contributed by atoms with Crippen molar-refractivity contribution in [2.45, 2.75) is 6.92 Å². The second-order valence-corrected chi connectivity index (χ2v) is 3.29. The van der Waals surface area contributed by atoms with Crippen LogP contribution >= 0.6 is 0 Å². The Morgan fingerprint density at radius 2 is 2.11 bits per heavy atom. The van der Waals surface area contributed by atoms with E-state index in [2.05, 4.69) is 15.1 Å². The molecule has 0 aliphatic rings. The summed E-state index contributed by atoms with van der Waals surface area (Å²) in [5, 5.41) is 3.91. The van der Waals surface area contributed by atoms with Crippen LogP contribution < -0.4 is 5.43 Å². The first kappa shape index (κ1) is 11.9. The van der Waals surface area contributed by atoms with E-state index in [1.807, 2.05) is 0 Å². The molecule has 92 valence electrons. The molecular formula is C11H10N4O3. The molecule has 0 bridgehead atoms. The van der Waals surface area contributed by atoms with E-state index in [1.54, 1.807) is 6.92 Å². The third-order valence-corrected chi connectivity index (χ3v) is 2.09. The van der Waals surface area contributed by atoms with Crippen LogP contribution in [-0.2, 0) is 4.74 Å². The number of hydrogen-bond donors (Lipinski definition) is 0. The fourth-order valence-electron chi connectivity index (χ4n) is 1.30. The van der Waals surface area contributed by atoms with E-state index < -0.39 is 11.4 Å². The molecule has 18 heavy (non-hydrogen) atoms. The molecule has 0 radical (unpaired) electrons. The zero-order valence-corrected chi connectivity index (χ0v) is 9.61. The van der Waals surface area contributed by atoms with Crippen LogP contribution in [0.3, 0.4) is 0 Å². The summed E-state index contributed by atoms with van der Waals surface area (Å²) in [6.07, 6.45) is 5.83. The van der Waals surface area contributed by atoms with Crippen LogP contribution in [0.1, 0.15) is 17.4 Å². The summed E-state index contributed by atoms with van der Waals surface area (Å²) in [6.45, 7) is 1.84. The maximum atomic E-state index is 11.5. The van der Waals surface area contributed by atoms with Crippen LogP contribution in [0.15, 0.2) is 35.8 Å². The SMILES string of the molecule is CCOC(=O)c1nn(-c2cncnc2)ccc1=O. The minimum absolute atomic E-state index is 0.184. The summed E-state index contributed by atoms with van der Waals surface area (Å²) in [5.41, 5.74) is -0.201. The van der Waals surface area contributed by atoms with Gasteiger partial charge in [-0.3, -0.25) is 4.79 Å². The van der Waals surface area contributed by atoms with Gasteiger partial charge in [0.25, 0.3) is 0 Å². The summed E-state index contributed by atoms with van der Waals surface area (Å²) in [6, 6.07) is 1.24. The van der Waals surface area contributed by atoms with Gasteiger partial charge in [0.1, 0.15) is 12.0 Å². The van der Waals surface area contributed by atoms with Crippen molar-refractivity contribution >= 4 is 5.97 Å². The van der Waals surface area contributed by atoms with Crippen LogP contribution in [0.4, 0.5) is 0 Å². The lowest BCUT2D eigenvalue weighted by molar-refractivity contribution is 0.0515. The average molecular weight is 246 g/mol. The van der Waals surface area contributed by atoms with Gasteiger partial charge in [0, 0.05) is 12.3 Å². The standard InChI is InChI=1S/C11H10N4O3/c1-2-18-11(17)10-9(16)3-4-15(14-10)8-5-12-7-13-6-8/h3-7H,2H2,1H3. The first-order valence-corrected chi connectivity index (χ1v) is 5.25. The van der Waals surface area contributed by atoms with Crippen LogP contribution in [-0.4, -0.2) is 32.3 Å². The van der Waals surface area contributed by atoms with Crippen LogP contribution in [0.2, 0.25) is 0 Å². The Labute approximate surface area is 102 Å². The van der Waals surface area contributed by atoms with Crippen molar-refractivity contribution in [3.05, 3.63) is 46.9 Å². The predicted octanol–water partition coefficient (Wildman–Crippen LogP) is 0.199. The molecule has 7 nitrogen and oxygen atoms in total. The fourth-order valence-corrected chi connectivity index (χ4v) is 1.30. The monoisotopic (exact) mass is 246 g/mol. The highest BCUT2D eigenvalue weighted by Gasteiger charge is 2.14. The van der Waals surface area contributed by atoms with Gasteiger partial charge in [-0.25, -0.2) is 19.4 Å². The highest BCUT2D eigenvalue weighted by atomic mass is 16.5. The van der Waals surface area contributed by atoms with Gasteiger partial charge in [-0.05, 0) is 6.92 Å². The van der Waals surface area contributed by atoms with E-state index in [-0.39, 0.29) is 12.3 Å². The van der Waals surface area contributed by atoms with E-state index >= 15 is 0 Å². The van der Waals surface area contributed by atoms with Crippen molar-refractivity contribution in [3.63, 3.8) is 0 Å². The zero-order chi connectivity index (χ0) is 13.0. The fraction of sp³-hybridized carbons (Fsp3) is 0.182. The van der Waals surface area contributed by atoms with Crippen molar-refractivity contribution in [2.75, 3.05) is 6.61 Å². The Hall–Kier alpha value is -2.57. The summed E-state index contributed by atoms with van der Waals surface area (Å²) >= 11 is 0. The first-order valence-electron chi connectivity index (χ1n) is 5.25. The maximum Gasteiger partial charge on any atom is 0.362 e. The Balaban J connectivity index is 2.44. The quantitative estimate of drug-likeness (QED) is 0.719. The van der Waals surface area contributed by atoms with Gasteiger partial charge in [0.05, 0.1) is 19.0 Å². The first-order chi connectivity index (χ1) is 8.72. The third-order valence-electron chi connectivity index (χ3n) is 2.09. The Bertz CT molecular complexity index is 609. The minimum Gasteiger partial charge on any atom is -0.461 e. The second kappa shape index (κ2) is 5.17. The van der Waals surface area contributed by atoms with Crippen molar-refractivity contribution in [2.24, 2.45) is 0 Å². The lowest BCUT2D eigenvalue weighted by Crippen LogP contribution is -2.22. The summed E-state index contributed by atoms with van der Waals surface area (Å²) < 4.78 is 6.09.